The lowest BCUT2D eigenvalue weighted by Gasteiger charge is -2.15. The molecule has 0 aliphatic carbocycles. The Morgan fingerprint density at radius 2 is 1.90 bits per heavy atom. The molecule has 0 saturated carbocycles. The topological polar surface area (TPSA) is 117 Å². The van der Waals surface area contributed by atoms with Crippen molar-refractivity contribution in [1.29, 1.82) is 0 Å². The summed E-state index contributed by atoms with van der Waals surface area (Å²) in [5.41, 5.74) is -0.0432. The van der Waals surface area contributed by atoms with Crippen LogP contribution in [-0.4, -0.2) is 42.0 Å². The van der Waals surface area contributed by atoms with Crippen LogP contribution < -0.4 is 16.6 Å². The molecule has 1 N–H and O–H groups in total. The second-order valence-electron chi connectivity index (χ2n) is 6.70. The van der Waals surface area contributed by atoms with Crippen LogP contribution in [0.2, 0.25) is 0 Å². The van der Waals surface area contributed by atoms with Gasteiger partial charge in [-0.05, 0) is 47.9 Å². The highest BCUT2D eigenvalue weighted by molar-refractivity contribution is 7.12. The largest absolute Gasteiger partial charge is 0.369 e. The summed E-state index contributed by atoms with van der Waals surface area (Å²) in [5.74, 6) is -0.377. The number of benzene rings is 1. The van der Waals surface area contributed by atoms with Gasteiger partial charge in [0.1, 0.15) is 11.0 Å². The summed E-state index contributed by atoms with van der Waals surface area (Å²) < 4.78 is 3.57. The molecule has 1 atom stereocenters. The first-order valence-corrected chi connectivity index (χ1v) is 10.2. The quantitative estimate of drug-likeness (QED) is 0.490. The minimum atomic E-state index is -0.806. The molecular formula is C19H19N7O3S. The average molecular weight is 425 g/mol. The van der Waals surface area contributed by atoms with Crippen LogP contribution in [0.5, 0.6) is 0 Å². The average Bonchev–Trinajstić information content (AvgIpc) is 3.40. The van der Waals surface area contributed by atoms with E-state index >= 15 is 0 Å². The molecule has 0 fully saturated rings. The third kappa shape index (κ3) is 3.54. The van der Waals surface area contributed by atoms with Gasteiger partial charge in [0.05, 0.1) is 17.6 Å². The maximum absolute atomic E-state index is 12.7. The number of nitrogens with one attached hydrogen (secondary N) is 1. The smallest absolute Gasteiger partial charge is 0.352 e. The van der Waals surface area contributed by atoms with Gasteiger partial charge in [-0.2, -0.15) is 14.5 Å². The van der Waals surface area contributed by atoms with Gasteiger partial charge in [0.2, 0.25) is 5.91 Å². The van der Waals surface area contributed by atoms with Crippen LogP contribution in [0.1, 0.15) is 18.7 Å². The highest BCUT2D eigenvalue weighted by Gasteiger charge is 2.19. The molecule has 0 aliphatic heterocycles. The van der Waals surface area contributed by atoms with Crippen LogP contribution >= 0.6 is 11.3 Å². The highest BCUT2D eigenvalue weighted by Crippen LogP contribution is 2.14. The number of rotatable bonds is 6. The minimum absolute atomic E-state index is 0.155. The molecule has 1 aromatic carbocycles. The van der Waals surface area contributed by atoms with Crippen LogP contribution in [0, 0.1) is 6.92 Å². The highest BCUT2D eigenvalue weighted by atomic mass is 32.1. The van der Waals surface area contributed by atoms with E-state index in [0.29, 0.717) is 16.1 Å². The van der Waals surface area contributed by atoms with Crippen LogP contribution in [0.4, 0.5) is 0 Å². The Balaban J connectivity index is 1.45. The van der Waals surface area contributed by atoms with Crippen LogP contribution in [0.3, 0.4) is 0 Å². The Morgan fingerprint density at radius 1 is 1.13 bits per heavy atom. The molecule has 0 unspecified atom stereocenters. The van der Waals surface area contributed by atoms with Gasteiger partial charge in [-0.15, -0.1) is 11.3 Å². The Bertz CT molecular complexity index is 1320. The first kappa shape index (κ1) is 19.7. The minimum Gasteiger partial charge on any atom is -0.352 e. The van der Waals surface area contributed by atoms with Gasteiger partial charge < -0.3 is 5.32 Å². The fraction of sp³-hybridized carbons (Fsp3) is 0.263. The SMILES string of the molecule is Cc1nn([C@@H](C)C(=O)NCCn2nnn(-c3cccs3)c2=O)c(=O)c2ccccc12. The molecule has 4 aromatic rings. The van der Waals surface area contributed by atoms with E-state index in [2.05, 4.69) is 20.8 Å². The van der Waals surface area contributed by atoms with E-state index in [4.69, 9.17) is 0 Å². The third-order valence-corrected chi connectivity index (χ3v) is 5.58. The summed E-state index contributed by atoms with van der Waals surface area (Å²) in [5, 5.41) is 18.5. The van der Waals surface area contributed by atoms with Crippen LogP contribution in [0.25, 0.3) is 15.8 Å². The maximum Gasteiger partial charge on any atom is 0.369 e. The molecule has 11 heteroatoms. The summed E-state index contributed by atoms with van der Waals surface area (Å²) in [6.45, 7) is 3.72. The molecule has 0 aliphatic rings. The molecule has 154 valence electrons. The van der Waals surface area contributed by atoms with Crippen molar-refractivity contribution >= 4 is 28.0 Å². The summed E-state index contributed by atoms with van der Waals surface area (Å²) in [7, 11) is 0. The fourth-order valence-electron chi connectivity index (χ4n) is 3.12. The number of hydrogen-bond donors (Lipinski definition) is 1. The molecule has 0 bridgehead atoms. The lowest BCUT2D eigenvalue weighted by molar-refractivity contribution is -0.124. The third-order valence-electron chi connectivity index (χ3n) is 4.74. The van der Waals surface area contributed by atoms with Crippen LogP contribution in [0.15, 0.2) is 51.4 Å². The number of hydrogen-bond acceptors (Lipinski definition) is 7. The number of tetrazole rings is 1. The van der Waals surface area contributed by atoms with Crippen molar-refractivity contribution in [2.45, 2.75) is 26.4 Å². The number of amides is 1. The lowest BCUT2D eigenvalue weighted by Crippen LogP contribution is -2.39. The Morgan fingerprint density at radius 3 is 2.63 bits per heavy atom. The predicted octanol–water partition coefficient (Wildman–Crippen LogP) is 0.886. The van der Waals surface area contributed by atoms with Crippen molar-refractivity contribution in [2.24, 2.45) is 0 Å². The molecule has 10 nitrogen and oxygen atoms in total. The molecule has 0 spiro atoms. The number of aromatic nitrogens is 6. The van der Waals surface area contributed by atoms with Gasteiger partial charge in [0.25, 0.3) is 5.56 Å². The summed E-state index contributed by atoms with van der Waals surface area (Å²) >= 11 is 1.38. The zero-order valence-electron chi connectivity index (χ0n) is 16.3. The summed E-state index contributed by atoms with van der Waals surface area (Å²) in [6.07, 6.45) is 0. The zero-order valence-corrected chi connectivity index (χ0v) is 17.2. The van der Waals surface area contributed by atoms with E-state index in [-0.39, 0.29) is 30.2 Å². The molecule has 0 radical (unpaired) electrons. The van der Waals surface area contributed by atoms with Gasteiger partial charge in [-0.25, -0.2) is 9.48 Å². The predicted molar refractivity (Wildman–Crippen MR) is 112 cm³/mol. The Labute approximate surface area is 174 Å². The number of nitrogens with zero attached hydrogens (tertiary/aromatic N) is 6. The van der Waals surface area contributed by atoms with E-state index < -0.39 is 6.04 Å². The molecule has 3 heterocycles. The van der Waals surface area contributed by atoms with E-state index in [0.717, 1.165) is 5.39 Å². The van der Waals surface area contributed by atoms with Crippen molar-refractivity contribution in [2.75, 3.05) is 6.54 Å². The molecular weight excluding hydrogens is 406 g/mol. The number of fused-ring (bicyclic) bond motifs is 1. The molecule has 30 heavy (non-hydrogen) atoms. The Kier molecular flexibility index (Phi) is 5.27. The van der Waals surface area contributed by atoms with Crippen molar-refractivity contribution in [3.8, 4) is 5.00 Å². The first-order valence-electron chi connectivity index (χ1n) is 9.30. The number of thiophene rings is 1. The molecule has 3 aromatic heterocycles. The summed E-state index contributed by atoms with van der Waals surface area (Å²) in [4.78, 5) is 37.7. The number of carbonyl (C=O) groups excluding carboxylic acids is 1. The van der Waals surface area contributed by atoms with E-state index in [1.165, 1.54) is 25.4 Å². The fourth-order valence-corrected chi connectivity index (χ4v) is 3.79. The second kappa shape index (κ2) is 8.03. The van der Waals surface area contributed by atoms with Gasteiger partial charge in [-0.1, -0.05) is 18.2 Å². The maximum atomic E-state index is 12.7. The Hall–Kier alpha value is -3.60. The van der Waals surface area contributed by atoms with Gasteiger partial charge >= 0.3 is 5.69 Å². The standard InChI is InChI=1S/C19H19N7O3S/c1-12-14-6-3-4-7-15(14)18(28)25(21-12)13(2)17(27)20-9-10-24-19(29)26(23-22-24)16-8-5-11-30-16/h3-8,11,13H,9-10H2,1-2H3,(H,20,27)/t13-/m0/s1. The van der Waals surface area contributed by atoms with Gasteiger partial charge in [0.15, 0.2) is 0 Å². The van der Waals surface area contributed by atoms with E-state index in [1.807, 2.05) is 23.6 Å². The molecule has 0 saturated heterocycles. The van der Waals surface area contributed by atoms with Gasteiger partial charge in [0, 0.05) is 11.9 Å². The van der Waals surface area contributed by atoms with Crippen molar-refractivity contribution in [1.82, 2.24) is 34.9 Å². The van der Waals surface area contributed by atoms with Crippen molar-refractivity contribution in [3.05, 3.63) is 68.3 Å². The van der Waals surface area contributed by atoms with E-state index in [1.54, 1.807) is 32.0 Å². The van der Waals surface area contributed by atoms with Crippen molar-refractivity contribution < 1.29 is 4.79 Å². The number of aryl methyl sites for hydroxylation is 1. The lowest BCUT2D eigenvalue weighted by atomic mass is 10.1. The van der Waals surface area contributed by atoms with Gasteiger partial charge in [-0.3, -0.25) is 9.59 Å². The first-order chi connectivity index (χ1) is 14.5. The monoisotopic (exact) mass is 425 g/mol. The number of carbonyl (C=O) groups is 1. The second-order valence-corrected chi connectivity index (χ2v) is 7.62. The van der Waals surface area contributed by atoms with Crippen molar-refractivity contribution in [3.63, 3.8) is 0 Å². The normalized spacial score (nSPS) is 12.2. The zero-order chi connectivity index (χ0) is 21.3. The van der Waals surface area contributed by atoms with Crippen LogP contribution in [-0.2, 0) is 11.3 Å². The van der Waals surface area contributed by atoms with E-state index in [9.17, 15) is 14.4 Å². The molecule has 4 rings (SSSR count). The molecule has 1 amide bonds. The summed E-state index contributed by atoms with van der Waals surface area (Å²) in [6, 6.07) is 9.95.